The molecule has 0 saturated carbocycles. The maximum Gasteiger partial charge on any atom is 0.255 e. The minimum Gasteiger partial charge on any atom is -0.496 e. The summed E-state index contributed by atoms with van der Waals surface area (Å²) in [4.78, 5) is 12.7. The molecule has 8 heteroatoms. The van der Waals surface area contributed by atoms with Gasteiger partial charge in [0.2, 0.25) is 10.0 Å². The van der Waals surface area contributed by atoms with Gasteiger partial charge in [0.25, 0.3) is 5.91 Å². The number of hydrogen-bond acceptors (Lipinski definition) is 4. The van der Waals surface area contributed by atoms with E-state index in [0.29, 0.717) is 30.1 Å². The molecule has 1 fully saturated rings. The average Bonchev–Trinajstić information content (AvgIpc) is 2.69. The Labute approximate surface area is 173 Å². The van der Waals surface area contributed by atoms with Gasteiger partial charge in [-0.2, -0.15) is 4.31 Å². The Morgan fingerprint density at radius 1 is 1.07 bits per heavy atom. The van der Waals surface area contributed by atoms with Crippen molar-refractivity contribution >= 4 is 44.2 Å². The highest BCUT2D eigenvalue weighted by molar-refractivity contribution is 14.1. The summed E-state index contributed by atoms with van der Waals surface area (Å²) in [5, 5.41) is 2.79. The van der Waals surface area contributed by atoms with Crippen LogP contribution in [-0.4, -0.2) is 38.8 Å². The van der Waals surface area contributed by atoms with Crippen molar-refractivity contribution in [3.05, 3.63) is 51.6 Å². The van der Waals surface area contributed by atoms with Crippen molar-refractivity contribution in [2.75, 3.05) is 25.5 Å². The second-order valence-electron chi connectivity index (χ2n) is 6.29. The van der Waals surface area contributed by atoms with Crippen molar-refractivity contribution in [3.8, 4) is 5.75 Å². The predicted molar refractivity (Wildman–Crippen MR) is 113 cm³/mol. The topological polar surface area (TPSA) is 75.7 Å². The van der Waals surface area contributed by atoms with Crippen molar-refractivity contribution < 1.29 is 17.9 Å². The SMILES string of the molecule is COc1ccc(C(=O)Nc2ccc(S(=O)(=O)N3CCCCC3)cc2)cc1I. The molecule has 1 saturated heterocycles. The Morgan fingerprint density at radius 3 is 2.33 bits per heavy atom. The van der Waals surface area contributed by atoms with Crippen LogP contribution in [0.3, 0.4) is 0 Å². The van der Waals surface area contributed by atoms with Gasteiger partial charge >= 0.3 is 0 Å². The fourth-order valence-corrected chi connectivity index (χ4v) is 5.23. The first kappa shape index (κ1) is 20.1. The van der Waals surface area contributed by atoms with Gasteiger partial charge in [-0.3, -0.25) is 4.79 Å². The molecule has 144 valence electrons. The number of hydrogen-bond donors (Lipinski definition) is 1. The Balaban J connectivity index is 1.72. The number of methoxy groups -OCH3 is 1. The van der Waals surface area contributed by atoms with E-state index in [1.54, 1.807) is 37.4 Å². The van der Waals surface area contributed by atoms with Crippen LogP contribution in [-0.2, 0) is 10.0 Å². The number of piperidine rings is 1. The molecule has 6 nitrogen and oxygen atoms in total. The smallest absolute Gasteiger partial charge is 0.255 e. The summed E-state index contributed by atoms with van der Waals surface area (Å²) < 4.78 is 32.9. The zero-order valence-corrected chi connectivity index (χ0v) is 17.9. The van der Waals surface area contributed by atoms with Gasteiger partial charge in [0.1, 0.15) is 5.75 Å². The van der Waals surface area contributed by atoms with Crippen LogP contribution in [0.1, 0.15) is 29.6 Å². The molecule has 0 aromatic heterocycles. The number of nitrogens with one attached hydrogen (secondary N) is 1. The van der Waals surface area contributed by atoms with Crippen LogP contribution in [0.15, 0.2) is 47.4 Å². The monoisotopic (exact) mass is 500 g/mol. The number of benzene rings is 2. The van der Waals surface area contributed by atoms with E-state index in [4.69, 9.17) is 4.74 Å². The van der Waals surface area contributed by atoms with Crippen LogP contribution in [0.25, 0.3) is 0 Å². The van der Waals surface area contributed by atoms with Crippen LogP contribution in [0.2, 0.25) is 0 Å². The Kier molecular flexibility index (Phi) is 6.38. The highest BCUT2D eigenvalue weighted by Crippen LogP contribution is 2.24. The van der Waals surface area contributed by atoms with E-state index >= 15 is 0 Å². The number of ether oxygens (including phenoxy) is 1. The number of halogens is 1. The Morgan fingerprint density at radius 2 is 1.74 bits per heavy atom. The van der Waals surface area contributed by atoms with Gasteiger partial charge < -0.3 is 10.1 Å². The molecular formula is C19H21IN2O4S. The highest BCUT2D eigenvalue weighted by atomic mass is 127. The van der Waals surface area contributed by atoms with E-state index < -0.39 is 10.0 Å². The lowest BCUT2D eigenvalue weighted by Crippen LogP contribution is -2.35. The molecule has 1 aliphatic heterocycles. The molecule has 1 amide bonds. The molecule has 0 bridgehead atoms. The highest BCUT2D eigenvalue weighted by Gasteiger charge is 2.25. The largest absolute Gasteiger partial charge is 0.496 e. The molecule has 2 aromatic carbocycles. The third-order valence-corrected chi connectivity index (χ3v) is 7.23. The molecule has 0 unspecified atom stereocenters. The lowest BCUT2D eigenvalue weighted by molar-refractivity contribution is 0.102. The van der Waals surface area contributed by atoms with Crippen LogP contribution in [0, 0.1) is 3.57 Å². The lowest BCUT2D eigenvalue weighted by atomic mass is 10.2. The van der Waals surface area contributed by atoms with Gasteiger partial charge in [0, 0.05) is 24.3 Å². The second kappa shape index (κ2) is 8.57. The Hall–Kier alpha value is -1.65. The van der Waals surface area contributed by atoms with Crippen molar-refractivity contribution in [2.45, 2.75) is 24.2 Å². The first-order chi connectivity index (χ1) is 12.9. The molecule has 3 rings (SSSR count). The fraction of sp³-hybridized carbons (Fsp3) is 0.316. The first-order valence-electron chi connectivity index (χ1n) is 8.67. The number of rotatable bonds is 5. The minimum atomic E-state index is -3.47. The number of amides is 1. The maximum absolute atomic E-state index is 12.7. The normalized spacial score (nSPS) is 15.3. The van der Waals surface area contributed by atoms with Gasteiger partial charge in [-0.1, -0.05) is 6.42 Å². The van der Waals surface area contributed by atoms with E-state index in [-0.39, 0.29) is 10.8 Å². The number of carbonyl (C=O) groups excluding carboxylic acids is 1. The van der Waals surface area contributed by atoms with Crippen LogP contribution < -0.4 is 10.1 Å². The van der Waals surface area contributed by atoms with Crippen molar-refractivity contribution in [1.29, 1.82) is 0 Å². The van der Waals surface area contributed by atoms with Crippen molar-refractivity contribution in [3.63, 3.8) is 0 Å². The maximum atomic E-state index is 12.7. The van der Waals surface area contributed by atoms with Crippen LogP contribution in [0.4, 0.5) is 5.69 Å². The summed E-state index contributed by atoms with van der Waals surface area (Å²) in [5.41, 5.74) is 1.05. The number of sulfonamides is 1. The van der Waals surface area contributed by atoms with Gasteiger partial charge in [0.05, 0.1) is 15.6 Å². The molecule has 27 heavy (non-hydrogen) atoms. The van der Waals surface area contributed by atoms with E-state index in [2.05, 4.69) is 27.9 Å². The standard InChI is InChI=1S/C19H21IN2O4S/c1-26-18-10-5-14(13-17(18)20)19(23)21-15-6-8-16(9-7-15)27(24,25)22-11-3-2-4-12-22/h5-10,13H,2-4,11-12H2,1H3,(H,21,23). The predicted octanol–water partition coefficient (Wildman–Crippen LogP) is 3.73. The minimum absolute atomic E-state index is 0.251. The number of carbonyl (C=O) groups is 1. The third kappa shape index (κ3) is 4.61. The van der Waals surface area contributed by atoms with Crippen molar-refractivity contribution in [2.24, 2.45) is 0 Å². The first-order valence-corrected chi connectivity index (χ1v) is 11.2. The summed E-state index contributed by atoms with van der Waals surface area (Å²) in [7, 11) is -1.89. The van der Waals surface area contributed by atoms with Gasteiger partial charge in [-0.25, -0.2) is 8.42 Å². The summed E-state index contributed by atoms with van der Waals surface area (Å²) in [6.07, 6.45) is 2.86. The zero-order valence-electron chi connectivity index (χ0n) is 14.9. The van der Waals surface area contributed by atoms with Gasteiger partial charge in [-0.15, -0.1) is 0 Å². The Bertz CT molecular complexity index is 923. The zero-order chi connectivity index (χ0) is 19.4. The summed E-state index contributed by atoms with van der Waals surface area (Å²) in [5.74, 6) is 0.446. The number of nitrogens with zero attached hydrogens (tertiary/aromatic N) is 1. The molecule has 0 aliphatic carbocycles. The average molecular weight is 500 g/mol. The van der Waals surface area contributed by atoms with Crippen LogP contribution >= 0.6 is 22.6 Å². The molecule has 2 aromatic rings. The fourth-order valence-electron chi connectivity index (χ4n) is 2.98. The number of anilines is 1. The summed E-state index contributed by atoms with van der Waals surface area (Å²) in [6, 6.07) is 11.5. The molecule has 0 atom stereocenters. The summed E-state index contributed by atoms with van der Waals surface area (Å²) in [6.45, 7) is 1.13. The van der Waals surface area contributed by atoms with E-state index in [1.165, 1.54) is 16.4 Å². The molecule has 0 radical (unpaired) electrons. The lowest BCUT2D eigenvalue weighted by Gasteiger charge is -2.25. The van der Waals surface area contributed by atoms with E-state index in [1.807, 2.05) is 0 Å². The van der Waals surface area contributed by atoms with E-state index in [9.17, 15) is 13.2 Å². The molecule has 1 N–H and O–H groups in total. The van der Waals surface area contributed by atoms with Gasteiger partial charge in [0.15, 0.2) is 0 Å². The third-order valence-electron chi connectivity index (χ3n) is 4.48. The molecule has 1 heterocycles. The second-order valence-corrected chi connectivity index (χ2v) is 9.39. The van der Waals surface area contributed by atoms with Gasteiger partial charge in [-0.05, 0) is 77.9 Å². The van der Waals surface area contributed by atoms with Crippen molar-refractivity contribution in [1.82, 2.24) is 4.31 Å². The molecular weight excluding hydrogens is 479 g/mol. The summed E-state index contributed by atoms with van der Waals surface area (Å²) >= 11 is 2.11. The van der Waals surface area contributed by atoms with E-state index in [0.717, 1.165) is 22.8 Å². The van der Waals surface area contributed by atoms with Crippen LogP contribution in [0.5, 0.6) is 5.75 Å². The quantitative estimate of drug-likeness (QED) is 0.636. The molecule has 1 aliphatic rings. The molecule has 0 spiro atoms.